The summed E-state index contributed by atoms with van der Waals surface area (Å²) in [6.07, 6.45) is -14.8. The zero-order valence-corrected chi connectivity index (χ0v) is 84.8. The van der Waals surface area contributed by atoms with E-state index in [-0.39, 0.29) is 27.2 Å². The molecule has 0 amide bonds. The Kier molecular flexibility index (Phi) is 41.1. The highest BCUT2D eigenvalue weighted by molar-refractivity contribution is 9.11. The number of alkyl halides is 15. The van der Waals surface area contributed by atoms with E-state index in [4.69, 9.17) is 24.4 Å². The van der Waals surface area contributed by atoms with Gasteiger partial charge in [0.15, 0.2) is 38.4 Å². The standard InChI is InChI=1S/C29H32F3NO3S.C25H24F3NO3S.C13H11F3OS.2C13H9F3OS.C6H5BrOS.C6H6OS.CH4/c1-19-15-25(21-5-8-23(9-6-21)29(30,31)32)37-26(19)17-33-13-11-20-7-10-24(16-22(20)12-14-33)35-18-27(34)36-28(2,3)4;1-16-12-22(18-2-5-20(6-3-18)25(26,27)28)33-23(16)14-29-10-8-17-4-7-21(32-15-24(30)31)13-19(17)9-11-29;3*1-8-6-11(18-12(8)7-17)9-2-4-10(5-3-9)13(14,15)16;1-4-2-6(7)9-5(4)3-8;1-5-2-3-8-6(5)4-7;/h5-10,15-16H,11-14,17-18H2,1-4H3;2-7,12-13H,8-11,14-15H2,1H3,(H,30,31);2-6,17H,7H2,1H3;2*2-7H,1H3;2-3H,1H3;2-4H,1H3;1H4. The highest BCUT2D eigenvalue weighted by Gasteiger charge is 2.35. The number of aldehydes is 4. The van der Waals surface area contributed by atoms with Crippen molar-refractivity contribution >= 4 is 132 Å². The second kappa shape index (κ2) is 51.0. The Morgan fingerprint density at radius 3 is 0.901 bits per heavy atom. The highest BCUT2D eigenvalue weighted by Crippen LogP contribution is 2.43. The maximum Gasteiger partial charge on any atom is 0.416 e. The van der Waals surface area contributed by atoms with Gasteiger partial charge < -0.3 is 24.4 Å². The van der Waals surface area contributed by atoms with Gasteiger partial charge >= 0.3 is 42.8 Å². The number of aliphatic hydroxyl groups is 1. The molecule has 16 rings (SSSR count). The number of nitrogens with zero attached hydrogens (tertiary/aromatic N) is 2. The topological polar surface area (TPSA) is 177 Å². The Bertz CT molecular complexity index is 6450. The molecule has 0 fully saturated rings. The van der Waals surface area contributed by atoms with Crippen LogP contribution >= 0.6 is 95.3 Å². The molecule has 754 valence electrons. The van der Waals surface area contributed by atoms with Crippen LogP contribution < -0.4 is 9.47 Å². The van der Waals surface area contributed by atoms with Crippen molar-refractivity contribution in [2.75, 3.05) is 39.4 Å². The van der Waals surface area contributed by atoms with Crippen LogP contribution in [0.2, 0.25) is 0 Å². The number of aliphatic hydroxyl groups excluding tert-OH is 1. The molecule has 0 unspecified atom stereocenters. The van der Waals surface area contributed by atoms with Crippen LogP contribution in [0.5, 0.6) is 11.5 Å². The predicted octanol–water partition coefficient (Wildman–Crippen LogP) is 31.4. The summed E-state index contributed by atoms with van der Waals surface area (Å²) in [5.41, 5.74) is 11.8. The van der Waals surface area contributed by atoms with Crippen molar-refractivity contribution in [3.8, 4) is 63.7 Å². The van der Waals surface area contributed by atoms with Crippen molar-refractivity contribution in [3.63, 3.8) is 0 Å². The molecule has 36 heteroatoms. The molecule has 13 nitrogen and oxygen atoms in total. The van der Waals surface area contributed by atoms with Crippen LogP contribution in [0, 0.1) is 48.5 Å². The second-order valence-electron chi connectivity index (χ2n) is 33.5. The molecule has 9 heterocycles. The summed E-state index contributed by atoms with van der Waals surface area (Å²) in [7, 11) is 0. The van der Waals surface area contributed by atoms with Crippen molar-refractivity contribution < 1.29 is 119 Å². The summed E-state index contributed by atoms with van der Waals surface area (Å²) < 4.78 is 206. The van der Waals surface area contributed by atoms with E-state index in [1.54, 1.807) is 60.8 Å². The molecule has 2 N–H and O–H groups in total. The van der Waals surface area contributed by atoms with Gasteiger partial charge in [-0.25, -0.2) is 9.59 Å². The van der Waals surface area contributed by atoms with E-state index in [2.05, 4.69) is 44.8 Å². The van der Waals surface area contributed by atoms with E-state index in [1.165, 1.54) is 137 Å². The van der Waals surface area contributed by atoms with Crippen LogP contribution in [-0.2, 0) is 90.6 Å². The number of thiophene rings is 7. The van der Waals surface area contributed by atoms with Crippen LogP contribution in [0.15, 0.2) is 209 Å². The fourth-order valence-electron chi connectivity index (χ4n) is 14.2. The number of carboxylic acids is 1. The molecule has 2 aliphatic heterocycles. The SMILES string of the molecule is C.Cc1cc(-c2ccc(C(F)(F)F)cc2)sc1C=O.Cc1cc(-c2ccc(C(F)(F)F)cc2)sc1C=O.Cc1cc(-c2ccc(C(F)(F)F)cc2)sc1CN1CCc2ccc(OCC(=O)O)cc2CC1.Cc1cc(-c2ccc(C(F)(F)F)cc2)sc1CN1CCc2ccc(OCC(=O)OC(C)(C)C)cc2CC1.Cc1cc(-c2ccc(C(F)(F)F)cc2)sc1CO.Cc1cc(Br)sc1C=O.Cc1ccsc1C=O. The summed E-state index contributed by atoms with van der Waals surface area (Å²) in [5.74, 6) is -0.165. The zero-order valence-electron chi connectivity index (χ0n) is 77.5. The van der Waals surface area contributed by atoms with Crippen LogP contribution in [0.25, 0.3) is 52.2 Å². The van der Waals surface area contributed by atoms with Crippen molar-refractivity contribution in [1.82, 2.24) is 9.80 Å². The number of esters is 1. The molecule has 0 saturated carbocycles. The van der Waals surface area contributed by atoms with Gasteiger partial charge in [-0.1, -0.05) is 80.2 Å². The lowest BCUT2D eigenvalue weighted by Crippen LogP contribution is -2.27. The first-order valence-corrected chi connectivity index (χ1v) is 49.9. The first-order chi connectivity index (χ1) is 66.4. The molecule has 0 saturated heterocycles. The lowest BCUT2D eigenvalue weighted by atomic mass is 10.0. The largest absolute Gasteiger partial charge is 0.482 e. The van der Waals surface area contributed by atoms with Crippen LogP contribution in [-0.4, -0.2) is 102 Å². The predicted molar refractivity (Wildman–Crippen MR) is 540 cm³/mol. The van der Waals surface area contributed by atoms with E-state index < -0.39 is 76.2 Å². The molecule has 2 aliphatic rings. The summed E-state index contributed by atoms with van der Waals surface area (Å²) in [5, 5.41) is 19.8. The van der Waals surface area contributed by atoms with Crippen molar-refractivity contribution in [3.05, 3.63) is 333 Å². The van der Waals surface area contributed by atoms with E-state index in [1.807, 2.05) is 108 Å². The Hall–Kier alpha value is -11.0. The summed E-state index contributed by atoms with van der Waals surface area (Å²) >= 11 is 13.4. The lowest BCUT2D eigenvalue weighted by molar-refractivity contribution is -0.157. The zero-order chi connectivity index (χ0) is 103. The van der Waals surface area contributed by atoms with E-state index >= 15 is 0 Å². The number of hydrogen-bond donors (Lipinski definition) is 2. The van der Waals surface area contributed by atoms with Crippen LogP contribution in [0.1, 0.15) is 171 Å². The summed E-state index contributed by atoms with van der Waals surface area (Å²) in [4.78, 5) is 79.8. The van der Waals surface area contributed by atoms with Gasteiger partial charge in [0, 0.05) is 78.3 Å². The number of carbonyl (C=O) groups is 6. The molecule has 7 aromatic heterocycles. The normalized spacial score (nSPS) is 12.8. The fraction of sp³-hybridized carbons (Fsp3) is 0.283. The third-order valence-electron chi connectivity index (χ3n) is 21.9. The quantitative estimate of drug-likeness (QED) is 0.0419. The first-order valence-electron chi connectivity index (χ1n) is 43.4. The minimum absolute atomic E-state index is 0. The number of fused-ring (bicyclic) bond motifs is 2. The van der Waals surface area contributed by atoms with Gasteiger partial charge in [0.2, 0.25) is 0 Å². The Labute approximate surface area is 849 Å². The highest BCUT2D eigenvalue weighted by atomic mass is 79.9. The molecular weight excluding hydrogens is 2070 g/mol. The van der Waals surface area contributed by atoms with Gasteiger partial charge in [-0.3, -0.25) is 29.0 Å². The summed E-state index contributed by atoms with van der Waals surface area (Å²) in [6.45, 7) is 23.5. The minimum atomic E-state index is -4.33. The molecule has 14 aromatic rings. The molecule has 142 heavy (non-hydrogen) atoms. The van der Waals surface area contributed by atoms with Gasteiger partial charge in [0.05, 0.1) is 57.7 Å². The Morgan fingerprint density at radius 1 is 0.359 bits per heavy atom. The number of aryl methyl sites for hydroxylation is 7. The van der Waals surface area contributed by atoms with E-state index in [0.717, 1.165) is 249 Å². The molecule has 0 radical (unpaired) electrons. The number of ether oxygens (including phenoxy) is 3. The van der Waals surface area contributed by atoms with Gasteiger partial charge in [0.1, 0.15) is 17.1 Å². The fourth-order valence-corrected chi connectivity index (χ4v) is 22.0. The van der Waals surface area contributed by atoms with Crippen molar-refractivity contribution in [1.29, 1.82) is 0 Å². The maximum atomic E-state index is 12.9. The van der Waals surface area contributed by atoms with Crippen molar-refractivity contribution in [2.24, 2.45) is 0 Å². The number of hydrogen-bond acceptors (Lipinski definition) is 19. The smallest absolute Gasteiger partial charge is 0.416 e. The molecular formula is C106H100BrF15N2O11S7. The van der Waals surface area contributed by atoms with Crippen LogP contribution in [0.3, 0.4) is 0 Å². The average molecular weight is 2170 g/mol. The second-order valence-corrected chi connectivity index (χ2v) is 42.5. The number of benzene rings is 7. The summed E-state index contributed by atoms with van der Waals surface area (Å²) in [6, 6.07) is 50.8. The van der Waals surface area contributed by atoms with E-state index in [0.29, 0.717) is 32.4 Å². The Balaban J connectivity index is 0.000000195. The van der Waals surface area contributed by atoms with Gasteiger partial charge in [0.25, 0.3) is 0 Å². The van der Waals surface area contributed by atoms with E-state index in [9.17, 15) is 94.6 Å². The number of rotatable bonds is 20. The number of carbonyl (C=O) groups excluding carboxylic acids is 5. The number of carboxylic acid groups (broad SMARTS) is 1. The van der Waals surface area contributed by atoms with Crippen molar-refractivity contribution in [2.45, 2.75) is 159 Å². The van der Waals surface area contributed by atoms with Crippen LogP contribution in [0.4, 0.5) is 65.9 Å². The average Bonchev–Trinajstić information content (AvgIpc) is 1.67. The van der Waals surface area contributed by atoms with Gasteiger partial charge in [-0.2, -0.15) is 65.9 Å². The maximum absolute atomic E-state index is 12.9. The third-order valence-corrected chi connectivity index (χ3v) is 30.7. The third kappa shape index (κ3) is 33.8. The van der Waals surface area contributed by atoms with Gasteiger partial charge in [-0.15, -0.1) is 79.4 Å². The molecule has 0 atom stereocenters. The molecule has 7 aromatic carbocycles. The first kappa shape index (κ1) is 115. The number of aliphatic carboxylic acids is 1. The lowest BCUT2D eigenvalue weighted by Gasteiger charge is -2.19. The van der Waals surface area contributed by atoms with Gasteiger partial charge in [-0.05, 0) is 333 Å². The molecule has 0 spiro atoms. The Morgan fingerprint density at radius 2 is 0.648 bits per heavy atom. The molecule has 0 bridgehead atoms. The molecule has 0 aliphatic carbocycles. The number of halogens is 16. The minimum Gasteiger partial charge on any atom is -0.482 e. The monoisotopic (exact) mass is 2160 g/mol.